The third-order valence-electron chi connectivity index (χ3n) is 6.67. The maximum absolute atomic E-state index is 11.0. The van der Waals surface area contributed by atoms with Gasteiger partial charge in [0.25, 0.3) is 0 Å². The lowest BCUT2D eigenvalue weighted by Crippen LogP contribution is -2.38. The summed E-state index contributed by atoms with van der Waals surface area (Å²) in [6, 6.07) is 12.2. The van der Waals surface area contributed by atoms with Crippen LogP contribution in [0.2, 0.25) is 10.0 Å². The van der Waals surface area contributed by atoms with Crippen LogP contribution in [-0.2, 0) is 22.4 Å². The normalized spacial score (nSPS) is 18.2. The quantitative estimate of drug-likeness (QED) is 0.376. The van der Waals surface area contributed by atoms with Gasteiger partial charge in [0.1, 0.15) is 0 Å². The fourth-order valence-corrected chi connectivity index (χ4v) is 5.19. The number of nitrogens with zero attached hydrogens (tertiary/aromatic N) is 1. The molecule has 0 aliphatic carbocycles. The number of hydrogen-bond acceptors (Lipinski definition) is 4. The summed E-state index contributed by atoms with van der Waals surface area (Å²) in [5.74, 6) is -0.861. The number of aliphatic hydroxyl groups excluding tert-OH is 1. The molecule has 7 heteroatoms. The zero-order valence-electron chi connectivity index (χ0n) is 20.0. The van der Waals surface area contributed by atoms with Gasteiger partial charge < -0.3 is 14.9 Å². The van der Waals surface area contributed by atoms with Gasteiger partial charge in [0.05, 0.1) is 18.8 Å². The van der Waals surface area contributed by atoms with Crippen LogP contribution in [0.5, 0.6) is 0 Å². The molecule has 1 fully saturated rings. The van der Waals surface area contributed by atoms with Crippen molar-refractivity contribution < 1.29 is 19.7 Å². The Balaban J connectivity index is 1.50. The zero-order valence-corrected chi connectivity index (χ0v) is 21.5. The van der Waals surface area contributed by atoms with E-state index < -0.39 is 12.1 Å². The first-order chi connectivity index (χ1) is 16.2. The molecular formula is C27H35Cl2NO4. The molecule has 0 aromatic heterocycles. The average Bonchev–Trinajstić information content (AvgIpc) is 3.24. The Morgan fingerprint density at radius 1 is 1.21 bits per heavy atom. The highest BCUT2D eigenvalue weighted by Gasteiger charge is 2.26. The van der Waals surface area contributed by atoms with E-state index in [-0.39, 0.29) is 19.1 Å². The molecule has 3 rings (SSSR count). The van der Waals surface area contributed by atoms with Crippen LogP contribution in [0.25, 0.3) is 0 Å². The molecule has 2 aromatic rings. The fourth-order valence-electron chi connectivity index (χ4n) is 4.71. The van der Waals surface area contributed by atoms with Crippen LogP contribution < -0.4 is 0 Å². The van der Waals surface area contributed by atoms with Gasteiger partial charge in [-0.05, 0) is 86.9 Å². The molecule has 0 saturated carbocycles. The molecule has 1 aliphatic rings. The predicted octanol–water partition coefficient (Wildman–Crippen LogP) is 5.85. The van der Waals surface area contributed by atoms with E-state index in [9.17, 15) is 9.90 Å². The molecule has 0 bridgehead atoms. The van der Waals surface area contributed by atoms with Gasteiger partial charge >= 0.3 is 5.97 Å². The number of aryl methyl sites for hydroxylation is 2. The van der Waals surface area contributed by atoms with E-state index in [4.69, 9.17) is 33.0 Å². The number of carbonyl (C=O) groups is 1. The van der Waals surface area contributed by atoms with Crippen molar-refractivity contribution in [2.24, 2.45) is 0 Å². The van der Waals surface area contributed by atoms with Gasteiger partial charge in [-0.1, -0.05) is 47.5 Å². The molecule has 3 atom stereocenters. The van der Waals surface area contributed by atoms with E-state index in [0.29, 0.717) is 24.0 Å². The molecule has 5 nitrogen and oxygen atoms in total. The standard InChI is InChI=1S/C27H35Cl2NO4/c1-18-8-9-20(15-26(18)29)10-11-21-5-4-14-30(21)16-22(31)17-34-19(2)23-6-3-7-25(28)24(23)12-13-27(32)33/h3,6-9,15,19,21-22,31H,4-5,10-14,16-17H2,1-2H3,(H,32,33)/t19-,21+,22-/m1/s1. The van der Waals surface area contributed by atoms with Crippen LogP contribution in [0, 0.1) is 6.92 Å². The molecule has 1 heterocycles. The second-order valence-corrected chi connectivity index (χ2v) is 10.1. The maximum atomic E-state index is 11.0. The van der Waals surface area contributed by atoms with Gasteiger partial charge in [-0.25, -0.2) is 0 Å². The first-order valence-corrected chi connectivity index (χ1v) is 12.8. The highest BCUT2D eigenvalue weighted by molar-refractivity contribution is 6.31. The summed E-state index contributed by atoms with van der Waals surface area (Å²) in [6.45, 7) is 5.70. The summed E-state index contributed by atoms with van der Waals surface area (Å²) in [6.07, 6.45) is 3.76. The monoisotopic (exact) mass is 507 g/mol. The van der Waals surface area contributed by atoms with Gasteiger partial charge in [0, 0.05) is 29.1 Å². The number of ether oxygens (including phenoxy) is 1. The summed E-state index contributed by atoms with van der Waals surface area (Å²) >= 11 is 12.6. The van der Waals surface area contributed by atoms with Crippen LogP contribution in [0.1, 0.15) is 61.0 Å². The van der Waals surface area contributed by atoms with Crippen molar-refractivity contribution >= 4 is 29.2 Å². The molecular weight excluding hydrogens is 473 g/mol. The van der Waals surface area contributed by atoms with Gasteiger partial charge in [0.15, 0.2) is 0 Å². The van der Waals surface area contributed by atoms with Crippen molar-refractivity contribution in [3.8, 4) is 0 Å². The molecule has 0 amide bonds. The molecule has 34 heavy (non-hydrogen) atoms. The fraction of sp³-hybridized carbons (Fsp3) is 0.519. The van der Waals surface area contributed by atoms with Crippen LogP contribution in [0.4, 0.5) is 0 Å². The summed E-state index contributed by atoms with van der Waals surface area (Å²) in [5.41, 5.74) is 4.01. The number of aliphatic hydroxyl groups is 1. The SMILES string of the molecule is Cc1ccc(CC[C@@H]2CCCN2C[C@@H](O)CO[C@H](C)c2cccc(Cl)c2CCC(=O)O)cc1Cl. The summed E-state index contributed by atoms with van der Waals surface area (Å²) in [5, 5.41) is 21.1. The lowest BCUT2D eigenvalue weighted by atomic mass is 9.99. The van der Waals surface area contributed by atoms with Crippen LogP contribution in [0.3, 0.4) is 0 Å². The highest BCUT2D eigenvalue weighted by atomic mass is 35.5. The zero-order chi connectivity index (χ0) is 24.7. The van der Waals surface area contributed by atoms with E-state index in [1.54, 1.807) is 6.07 Å². The Hall–Kier alpha value is -1.63. The number of halogens is 2. The van der Waals surface area contributed by atoms with Crippen molar-refractivity contribution in [3.63, 3.8) is 0 Å². The first-order valence-electron chi connectivity index (χ1n) is 12.0. The topological polar surface area (TPSA) is 70.0 Å². The Morgan fingerprint density at radius 2 is 2.00 bits per heavy atom. The second kappa shape index (κ2) is 12.9. The number of hydrogen-bond donors (Lipinski definition) is 2. The van der Waals surface area contributed by atoms with Gasteiger partial charge in [-0.3, -0.25) is 9.69 Å². The Bertz CT molecular complexity index is 968. The largest absolute Gasteiger partial charge is 0.481 e. The predicted molar refractivity (Wildman–Crippen MR) is 137 cm³/mol. The summed E-state index contributed by atoms with van der Waals surface area (Å²) in [4.78, 5) is 13.4. The van der Waals surface area contributed by atoms with Crippen molar-refractivity contribution in [1.29, 1.82) is 0 Å². The third-order valence-corrected chi connectivity index (χ3v) is 7.43. The van der Waals surface area contributed by atoms with E-state index in [2.05, 4.69) is 23.1 Å². The summed E-state index contributed by atoms with van der Waals surface area (Å²) < 4.78 is 5.99. The minimum atomic E-state index is -0.861. The van der Waals surface area contributed by atoms with E-state index in [1.165, 1.54) is 5.56 Å². The van der Waals surface area contributed by atoms with E-state index in [1.807, 2.05) is 26.0 Å². The highest BCUT2D eigenvalue weighted by Crippen LogP contribution is 2.29. The summed E-state index contributed by atoms with van der Waals surface area (Å²) in [7, 11) is 0. The molecule has 0 spiro atoms. The lowest BCUT2D eigenvalue weighted by molar-refractivity contribution is -0.136. The molecule has 0 radical (unpaired) electrons. The number of β-amino-alcohol motifs (C(OH)–C–C–N with tert-alkyl or cyclic N) is 1. The van der Waals surface area contributed by atoms with Crippen molar-refractivity contribution in [2.45, 2.75) is 70.6 Å². The number of carboxylic acid groups (broad SMARTS) is 1. The Morgan fingerprint density at radius 3 is 2.74 bits per heavy atom. The molecule has 186 valence electrons. The smallest absolute Gasteiger partial charge is 0.303 e. The number of likely N-dealkylation sites (tertiary alicyclic amines) is 1. The average molecular weight is 508 g/mol. The lowest BCUT2D eigenvalue weighted by Gasteiger charge is -2.27. The number of aliphatic carboxylic acids is 1. The van der Waals surface area contributed by atoms with Gasteiger partial charge in [0.2, 0.25) is 0 Å². The van der Waals surface area contributed by atoms with Crippen molar-refractivity contribution in [1.82, 2.24) is 4.90 Å². The van der Waals surface area contributed by atoms with Crippen molar-refractivity contribution in [2.75, 3.05) is 19.7 Å². The number of benzene rings is 2. The van der Waals surface area contributed by atoms with Crippen LogP contribution in [0.15, 0.2) is 36.4 Å². The number of rotatable bonds is 12. The van der Waals surface area contributed by atoms with E-state index >= 15 is 0 Å². The molecule has 2 aromatic carbocycles. The first kappa shape index (κ1) is 27.0. The van der Waals surface area contributed by atoms with Gasteiger partial charge in [-0.15, -0.1) is 0 Å². The van der Waals surface area contributed by atoms with Crippen LogP contribution in [-0.4, -0.2) is 52.9 Å². The number of carboxylic acids is 1. The molecule has 1 saturated heterocycles. The molecule has 0 unspecified atom stereocenters. The minimum Gasteiger partial charge on any atom is -0.481 e. The maximum Gasteiger partial charge on any atom is 0.303 e. The Kier molecular flexibility index (Phi) is 10.2. The second-order valence-electron chi connectivity index (χ2n) is 9.24. The Labute approximate surface area is 212 Å². The third kappa shape index (κ3) is 7.69. The van der Waals surface area contributed by atoms with Crippen molar-refractivity contribution in [3.05, 3.63) is 68.7 Å². The van der Waals surface area contributed by atoms with E-state index in [0.717, 1.165) is 53.9 Å². The van der Waals surface area contributed by atoms with Gasteiger partial charge in [-0.2, -0.15) is 0 Å². The van der Waals surface area contributed by atoms with Crippen LogP contribution >= 0.6 is 23.2 Å². The molecule has 1 aliphatic heterocycles. The minimum absolute atomic E-state index is 0.0111. The molecule has 2 N–H and O–H groups in total.